The highest BCUT2D eigenvalue weighted by molar-refractivity contribution is 6.32. The summed E-state index contributed by atoms with van der Waals surface area (Å²) < 4.78 is 4.99. The van der Waals surface area contributed by atoms with E-state index in [1.54, 1.807) is 7.11 Å². The third-order valence-corrected chi connectivity index (χ3v) is 2.71. The summed E-state index contributed by atoms with van der Waals surface area (Å²) in [5.41, 5.74) is 0.419. The van der Waals surface area contributed by atoms with E-state index in [9.17, 15) is 9.90 Å². The van der Waals surface area contributed by atoms with Gasteiger partial charge in [0.15, 0.2) is 0 Å². The molecule has 0 aliphatic carbocycles. The van der Waals surface area contributed by atoms with Crippen molar-refractivity contribution in [1.29, 1.82) is 0 Å². The molecular weight excluding hydrogens is 242 g/mol. The molecule has 0 spiro atoms. The van der Waals surface area contributed by atoms with Gasteiger partial charge in [0.25, 0.3) is 5.91 Å². The first-order valence-electron chi connectivity index (χ1n) is 5.36. The van der Waals surface area contributed by atoms with Crippen LogP contribution < -0.4 is 5.32 Å². The summed E-state index contributed by atoms with van der Waals surface area (Å²) in [5.74, 6) is -0.261. The van der Waals surface area contributed by atoms with E-state index in [0.29, 0.717) is 12.2 Å². The number of carbonyl (C=O) groups excluding carboxylic acids is 1. The highest BCUT2D eigenvalue weighted by atomic mass is 35.5. The quantitative estimate of drug-likeness (QED) is 0.850. The number of carbonyl (C=O) groups is 1. The van der Waals surface area contributed by atoms with E-state index in [1.165, 1.54) is 18.2 Å². The van der Waals surface area contributed by atoms with E-state index in [0.717, 1.165) is 6.42 Å². The fourth-order valence-corrected chi connectivity index (χ4v) is 1.56. The SMILES string of the molecule is CCC(COC)NC(=O)c1ccc(O)c(Cl)c1. The first-order chi connectivity index (χ1) is 8.08. The van der Waals surface area contributed by atoms with Crippen molar-refractivity contribution in [2.45, 2.75) is 19.4 Å². The van der Waals surface area contributed by atoms with Gasteiger partial charge in [0.05, 0.1) is 17.7 Å². The summed E-state index contributed by atoms with van der Waals surface area (Å²) in [6.45, 7) is 2.43. The summed E-state index contributed by atoms with van der Waals surface area (Å²) in [5, 5.41) is 12.2. The van der Waals surface area contributed by atoms with Crippen LogP contribution in [-0.2, 0) is 4.74 Å². The number of rotatable bonds is 5. The molecule has 1 atom stereocenters. The topological polar surface area (TPSA) is 58.6 Å². The molecular formula is C12H16ClNO3. The highest BCUT2D eigenvalue weighted by Crippen LogP contribution is 2.23. The van der Waals surface area contributed by atoms with Crippen molar-refractivity contribution >= 4 is 17.5 Å². The molecule has 0 fully saturated rings. The molecule has 4 nitrogen and oxygen atoms in total. The molecule has 1 aromatic rings. The minimum absolute atomic E-state index is 0.0277. The van der Waals surface area contributed by atoms with Crippen molar-refractivity contribution in [3.8, 4) is 5.75 Å². The van der Waals surface area contributed by atoms with Crippen molar-refractivity contribution in [3.05, 3.63) is 28.8 Å². The number of hydrogen-bond acceptors (Lipinski definition) is 3. The van der Waals surface area contributed by atoms with E-state index in [4.69, 9.17) is 16.3 Å². The van der Waals surface area contributed by atoms with Crippen LogP contribution in [-0.4, -0.2) is 30.8 Å². The number of amides is 1. The predicted molar refractivity (Wildman–Crippen MR) is 66.5 cm³/mol. The summed E-state index contributed by atoms with van der Waals surface area (Å²) in [4.78, 5) is 11.8. The molecule has 0 aromatic heterocycles. The van der Waals surface area contributed by atoms with Crippen LogP contribution in [0.5, 0.6) is 5.75 Å². The average Bonchev–Trinajstić information content (AvgIpc) is 2.31. The van der Waals surface area contributed by atoms with Gasteiger partial charge >= 0.3 is 0 Å². The second kappa shape index (κ2) is 6.47. The van der Waals surface area contributed by atoms with Gasteiger partial charge in [-0.1, -0.05) is 18.5 Å². The number of phenolic OH excluding ortho intramolecular Hbond substituents is 1. The van der Waals surface area contributed by atoms with Crippen molar-refractivity contribution < 1.29 is 14.6 Å². The number of benzene rings is 1. The van der Waals surface area contributed by atoms with Gasteiger partial charge in [-0.05, 0) is 24.6 Å². The molecule has 0 saturated carbocycles. The Bertz CT molecular complexity index is 395. The van der Waals surface area contributed by atoms with E-state index in [-0.39, 0.29) is 22.7 Å². The second-order valence-electron chi connectivity index (χ2n) is 3.70. The summed E-state index contributed by atoms with van der Waals surface area (Å²) in [6, 6.07) is 4.33. The number of ether oxygens (including phenoxy) is 1. The Balaban J connectivity index is 2.72. The Hall–Kier alpha value is -1.26. The summed E-state index contributed by atoms with van der Waals surface area (Å²) in [7, 11) is 1.59. The lowest BCUT2D eigenvalue weighted by Crippen LogP contribution is -2.37. The third kappa shape index (κ3) is 3.91. The zero-order chi connectivity index (χ0) is 12.8. The molecule has 0 aliphatic heterocycles. The molecule has 1 amide bonds. The van der Waals surface area contributed by atoms with Crippen LogP contribution in [0.15, 0.2) is 18.2 Å². The van der Waals surface area contributed by atoms with Gasteiger partial charge in [0.1, 0.15) is 5.75 Å². The lowest BCUT2D eigenvalue weighted by molar-refractivity contribution is 0.0894. The average molecular weight is 258 g/mol. The summed E-state index contributed by atoms with van der Waals surface area (Å²) >= 11 is 5.73. The van der Waals surface area contributed by atoms with Crippen LogP contribution in [0.2, 0.25) is 5.02 Å². The second-order valence-corrected chi connectivity index (χ2v) is 4.11. The minimum atomic E-state index is -0.226. The van der Waals surface area contributed by atoms with Crippen molar-refractivity contribution in [2.24, 2.45) is 0 Å². The highest BCUT2D eigenvalue weighted by Gasteiger charge is 2.13. The first kappa shape index (κ1) is 13.8. The predicted octanol–water partition coefficient (Wildman–Crippen LogP) is 2.20. The third-order valence-electron chi connectivity index (χ3n) is 2.41. The van der Waals surface area contributed by atoms with Gasteiger partial charge < -0.3 is 15.2 Å². The molecule has 1 rings (SSSR count). The standard InChI is InChI=1S/C12H16ClNO3/c1-3-9(7-17-2)14-12(16)8-4-5-11(15)10(13)6-8/h4-6,9,15H,3,7H2,1-2H3,(H,14,16). The van der Waals surface area contributed by atoms with E-state index in [1.807, 2.05) is 6.92 Å². The first-order valence-corrected chi connectivity index (χ1v) is 5.74. The van der Waals surface area contributed by atoms with Crippen molar-refractivity contribution in [3.63, 3.8) is 0 Å². The van der Waals surface area contributed by atoms with Gasteiger partial charge in [-0.2, -0.15) is 0 Å². The lowest BCUT2D eigenvalue weighted by atomic mass is 10.1. The number of halogens is 1. The van der Waals surface area contributed by atoms with Crippen LogP contribution in [0.1, 0.15) is 23.7 Å². The van der Waals surface area contributed by atoms with Crippen LogP contribution in [0.4, 0.5) is 0 Å². The molecule has 0 heterocycles. The van der Waals surface area contributed by atoms with Gasteiger partial charge in [-0.3, -0.25) is 4.79 Å². The number of hydrogen-bond donors (Lipinski definition) is 2. The van der Waals surface area contributed by atoms with Crippen LogP contribution in [0, 0.1) is 0 Å². The van der Waals surface area contributed by atoms with Crippen LogP contribution >= 0.6 is 11.6 Å². The molecule has 1 unspecified atom stereocenters. The van der Waals surface area contributed by atoms with Gasteiger partial charge in [0.2, 0.25) is 0 Å². The number of aromatic hydroxyl groups is 1. The van der Waals surface area contributed by atoms with E-state index in [2.05, 4.69) is 5.32 Å². The number of nitrogens with one attached hydrogen (secondary N) is 1. The molecule has 0 aliphatic rings. The molecule has 2 N–H and O–H groups in total. The Morgan fingerprint density at radius 3 is 2.82 bits per heavy atom. The minimum Gasteiger partial charge on any atom is -0.506 e. The maximum absolute atomic E-state index is 11.8. The Morgan fingerprint density at radius 2 is 2.29 bits per heavy atom. The zero-order valence-corrected chi connectivity index (χ0v) is 10.6. The van der Waals surface area contributed by atoms with Crippen LogP contribution in [0.25, 0.3) is 0 Å². The maximum atomic E-state index is 11.8. The molecule has 17 heavy (non-hydrogen) atoms. The fraction of sp³-hybridized carbons (Fsp3) is 0.417. The zero-order valence-electron chi connectivity index (χ0n) is 9.87. The van der Waals surface area contributed by atoms with Crippen molar-refractivity contribution in [2.75, 3.05) is 13.7 Å². The largest absolute Gasteiger partial charge is 0.506 e. The monoisotopic (exact) mass is 257 g/mol. The van der Waals surface area contributed by atoms with Gasteiger partial charge in [0, 0.05) is 12.7 Å². The number of phenols is 1. The van der Waals surface area contributed by atoms with E-state index < -0.39 is 0 Å². The van der Waals surface area contributed by atoms with Crippen LogP contribution in [0.3, 0.4) is 0 Å². The Morgan fingerprint density at radius 1 is 1.59 bits per heavy atom. The molecule has 1 aromatic carbocycles. The lowest BCUT2D eigenvalue weighted by Gasteiger charge is -2.16. The van der Waals surface area contributed by atoms with Gasteiger partial charge in [-0.25, -0.2) is 0 Å². The molecule has 0 bridgehead atoms. The Labute approximate surface area is 106 Å². The Kier molecular flexibility index (Phi) is 5.25. The fourth-order valence-electron chi connectivity index (χ4n) is 1.38. The molecule has 0 saturated heterocycles. The number of methoxy groups -OCH3 is 1. The van der Waals surface area contributed by atoms with Gasteiger partial charge in [-0.15, -0.1) is 0 Å². The maximum Gasteiger partial charge on any atom is 0.251 e. The normalized spacial score (nSPS) is 12.2. The smallest absolute Gasteiger partial charge is 0.251 e. The summed E-state index contributed by atoms with van der Waals surface area (Å²) in [6.07, 6.45) is 0.783. The molecule has 94 valence electrons. The van der Waals surface area contributed by atoms with E-state index >= 15 is 0 Å². The van der Waals surface area contributed by atoms with Crippen molar-refractivity contribution in [1.82, 2.24) is 5.32 Å². The molecule has 5 heteroatoms. The molecule has 0 radical (unpaired) electrons.